The maximum Gasteiger partial charge on any atom is 0.0713 e. The highest BCUT2D eigenvalue weighted by Crippen LogP contribution is 2.57. The molecule has 0 spiro atoms. The fraction of sp³-hybridized carbons (Fsp3) is 0.0164. The van der Waals surface area contributed by atoms with Crippen LogP contribution in [0.4, 0.5) is 17.1 Å². The van der Waals surface area contributed by atoms with Gasteiger partial charge in [-0.25, -0.2) is 0 Å². The first kappa shape index (κ1) is 37.0. The molecule has 12 rings (SSSR count). The molecule has 0 amide bonds. The monoisotopic (exact) mass is 819 g/mol. The highest BCUT2D eigenvalue weighted by Gasteiger charge is 2.46. The largest absolute Gasteiger partial charge is 0.310 e. The van der Waals surface area contributed by atoms with Crippen molar-refractivity contribution in [3.63, 3.8) is 0 Å². The Balaban J connectivity index is 0.947. The Labute approximate surface area is 372 Å². The molecule has 0 unspecified atom stereocenters. The van der Waals surface area contributed by atoms with Gasteiger partial charge in [-0.05, 0) is 121 Å². The van der Waals surface area contributed by atoms with E-state index in [0.29, 0.717) is 0 Å². The van der Waals surface area contributed by atoms with Crippen LogP contribution in [0.25, 0.3) is 64.7 Å². The summed E-state index contributed by atoms with van der Waals surface area (Å²) in [6, 6.07) is 91.3. The van der Waals surface area contributed by atoms with Gasteiger partial charge in [0.15, 0.2) is 0 Å². The van der Waals surface area contributed by atoms with Gasteiger partial charge in [-0.1, -0.05) is 194 Å². The fourth-order valence-electron chi connectivity index (χ4n) is 10.1. The first-order chi connectivity index (χ1) is 31.2. The highest BCUT2D eigenvalue weighted by atomic mass is 32.1. The molecule has 10 aromatic carbocycles. The van der Waals surface area contributed by atoms with Crippen LogP contribution in [0.15, 0.2) is 249 Å². The van der Waals surface area contributed by atoms with Crippen LogP contribution in [0, 0.1) is 0 Å². The normalized spacial score (nSPS) is 12.6. The summed E-state index contributed by atoms with van der Waals surface area (Å²) in [4.78, 5) is 2.35. The van der Waals surface area contributed by atoms with E-state index in [2.05, 4.69) is 254 Å². The molecule has 0 radical (unpaired) electrons. The van der Waals surface area contributed by atoms with Crippen molar-refractivity contribution in [1.82, 2.24) is 0 Å². The predicted molar refractivity (Wildman–Crippen MR) is 268 cm³/mol. The Hall–Kier alpha value is -7.78. The minimum absolute atomic E-state index is 0.431. The molecule has 296 valence electrons. The Morgan fingerprint density at radius 3 is 1.56 bits per heavy atom. The minimum atomic E-state index is -0.431. The summed E-state index contributed by atoms with van der Waals surface area (Å²) >= 11 is 1.90. The SMILES string of the molecule is c1ccc(-c2ccc(N(c3ccccc3)c3cccc(-c4cccc(-c5cccc6c5sc5ccc(C7(c8ccccc8)c8ccccc8-c8ccccc87)cc56)c4)c3)cc2)cc1. The van der Waals surface area contributed by atoms with E-state index in [1.807, 2.05) is 11.3 Å². The van der Waals surface area contributed by atoms with Gasteiger partial charge in [-0.3, -0.25) is 0 Å². The van der Waals surface area contributed by atoms with Crippen molar-refractivity contribution in [1.29, 1.82) is 0 Å². The van der Waals surface area contributed by atoms with Gasteiger partial charge >= 0.3 is 0 Å². The van der Waals surface area contributed by atoms with E-state index in [1.165, 1.54) is 86.9 Å². The van der Waals surface area contributed by atoms with E-state index in [0.717, 1.165) is 17.1 Å². The number of nitrogens with zero attached hydrogens (tertiary/aromatic N) is 1. The third-order valence-electron chi connectivity index (χ3n) is 12.9. The predicted octanol–water partition coefficient (Wildman–Crippen LogP) is 16.9. The molecule has 2 heteroatoms. The van der Waals surface area contributed by atoms with Crippen LogP contribution in [-0.2, 0) is 5.41 Å². The second kappa shape index (κ2) is 15.3. The summed E-state index contributed by atoms with van der Waals surface area (Å²) in [6.45, 7) is 0. The molecule has 11 aromatic rings. The van der Waals surface area contributed by atoms with Gasteiger partial charge in [0.2, 0.25) is 0 Å². The standard InChI is InChI=1S/C61H41NS/c1-4-17-42(18-5-1)43-33-36-50(37-34-43)62(49-24-8-3-9-25-49)51-26-15-20-45(40-51)44-19-14-21-46(39-44)52-29-16-30-55-56-41-48(35-38-59(56)63-60(52)55)61(47-22-6-2-7-23-47)57-31-12-10-27-53(57)54-28-11-13-32-58(54)61/h1-41H. The lowest BCUT2D eigenvalue weighted by Gasteiger charge is -2.34. The van der Waals surface area contributed by atoms with Crippen LogP contribution in [0.1, 0.15) is 22.3 Å². The number of para-hydroxylation sites is 1. The van der Waals surface area contributed by atoms with Gasteiger partial charge in [0.1, 0.15) is 0 Å². The van der Waals surface area contributed by atoms with Crippen LogP contribution in [0.2, 0.25) is 0 Å². The van der Waals surface area contributed by atoms with Gasteiger partial charge in [-0.15, -0.1) is 11.3 Å². The highest BCUT2D eigenvalue weighted by molar-refractivity contribution is 7.26. The quantitative estimate of drug-likeness (QED) is 0.148. The minimum Gasteiger partial charge on any atom is -0.310 e. The van der Waals surface area contributed by atoms with Crippen molar-refractivity contribution < 1.29 is 0 Å². The second-order valence-electron chi connectivity index (χ2n) is 16.4. The smallest absolute Gasteiger partial charge is 0.0713 e. The van der Waals surface area contributed by atoms with E-state index in [9.17, 15) is 0 Å². The number of anilines is 3. The lowest BCUT2D eigenvalue weighted by atomic mass is 9.67. The van der Waals surface area contributed by atoms with Crippen molar-refractivity contribution in [2.75, 3.05) is 4.90 Å². The Morgan fingerprint density at radius 2 is 0.825 bits per heavy atom. The van der Waals surface area contributed by atoms with Crippen LogP contribution in [0.5, 0.6) is 0 Å². The van der Waals surface area contributed by atoms with E-state index < -0.39 is 5.41 Å². The van der Waals surface area contributed by atoms with E-state index in [1.54, 1.807) is 0 Å². The molecule has 1 aliphatic rings. The molecule has 1 aliphatic carbocycles. The Morgan fingerprint density at radius 1 is 0.302 bits per heavy atom. The number of hydrogen-bond acceptors (Lipinski definition) is 2. The maximum absolute atomic E-state index is 2.49. The molecule has 1 aromatic heterocycles. The van der Waals surface area contributed by atoms with Gasteiger partial charge in [-0.2, -0.15) is 0 Å². The van der Waals surface area contributed by atoms with Crippen LogP contribution < -0.4 is 4.90 Å². The number of benzene rings is 10. The maximum atomic E-state index is 2.49. The molecule has 0 atom stereocenters. The average molecular weight is 820 g/mol. The Kier molecular flexibility index (Phi) is 8.98. The summed E-state index contributed by atoms with van der Waals surface area (Å²) < 4.78 is 2.61. The van der Waals surface area contributed by atoms with Crippen LogP contribution in [-0.4, -0.2) is 0 Å². The molecule has 1 nitrogen and oxygen atoms in total. The molecular formula is C61H41NS. The van der Waals surface area contributed by atoms with Gasteiger partial charge in [0.05, 0.1) is 5.41 Å². The molecule has 0 aliphatic heterocycles. The lowest BCUT2D eigenvalue weighted by molar-refractivity contribution is 0.770. The molecule has 0 bridgehead atoms. The van der Waals surface area contributed by atoms with E-state index in [4.69, 9.17) is 0 Å². The summed E-state index contributed by atoms with van der Waals surface area (Å²) in [5.74, 6) is 0. The third-order valence-corrected chi connectivity index (χ3v) is 14.2. The molecule has 0 saturated heterocycles. The summed E-state index contributed by atoms with van der Waals surface area (Å²) in [6.07, 6.45) is 0. The topological polar surface area (TPSA) is 3.24 Å². The number of thiophene rings is 1. The van der Waals surface area contributed by atoms with Gasteiger partial charge < -0.3 is 4.90 Å². The number of hydrogen-bond donors (Lipinski definition) is 0. The molecule has 1 heterocycles. The van der Waals surface area contributed by atoms with Crippen molar-refractivity contribution in [3.8, 4) is 44.5 Å². The van der Waals surface area contributed by atoms with Crippen LogP contribution in [0.3, 0.4) is 0 Å². The van der Waals surface area contributed by atoms with Crippen LogP contribution >= 0.6 is 11.3 Å². The molecule has 63 heavy (non-hydrogen) atoms. The zero-order valence-electron chi connectivity index (χ0n) is 34.5. The van der Waals surface area contributed by atoms with E-state index in [-0.39, 0.29) is 0 Å². The molecule has 0 fully saturated rings. The molecular weight excluding hydrogens is 779 g/mol. The first-order valence-corrected chi connectivity index (χ1v) is 22.5. The zero-order valence-corrected chi connectivity index (χ0v) is 35.3. The third kappa shape index (κ3) is 6.14. The summed E-state index contributed by atoms with van der Waals surface area (Å²) in [5.41, 5.74) is 18.0. The fourth-order valence-corrected chi connectivity index (χ4v) is 11.3. The first-order valence-electron chi connectivity index (χ1n) is 21.7. The second-order valence-corrected chi connectivity index (χ2v) is 17.5. The van der Waals surface area contributed by atoms with Crippen molar-refractivity contribution >= 4 is 48.6 Å². The van der Waals surface area contributed by atoms with Gasteiger partial charge in [0, 0.05) is 37.2 Å². The lowest BCUT2D eigenvalue weighted by Crippen LogP contribution is -2.28. The molecule has 0 N–H and O–H groups in total. The molecule has 0 saturated carbocycles. The van der Waals surface area contributed by atoms with Crippen molar-refractivity contribution in [3.05, 3.63) is 271 Å². The average Bonchev–Trinajstić information content (AvgIpc) is 3.89. The Bertz CT molecular complexity index is 3400. The zero-order chi connectivity index (χ0) is 41.7. The van der Waals surface area contributed by atoms with E-state index >= 15 is 0 Å². The number of fused-ring (bicyclic) bond motifs is 6. The van der Waals surface area contributed by atoms with Crippen molar-refractivity contribution in [2.45, 2.75) is 5.41 Å². The number of rotatable bonds is 8. The van der Waals surface area contributed by atoms with Crippen molar-refractivity contribution in [2.24, 2.45) is 0 Å². The summed E-state index contributed by atoms with van der Waals surface area (Å²) in [7, 11) is 0. The summed E-state index contributed by atoms with van der Waals surface area (Å²) in [5, 5.41) is 2.59. The van der Waals surface area contributed by atoms with Gasteiger partial charge in [0.25, 0.3) is 0 Å².